The summed E-state index contributed by atoms with van der Waals surface area (Å²) in [5.41, 5.74) is 5.73. The molecule has 0 aromatic heterocycles. The van der Waals surface area contributed by atoms with Gasteiger partial charge in [-0.2, -0.15) is 13.0 Å². The molecule has 59 heavy (non-hydrogen) atoms. The standard InChI is InChI=1S/C45H43Br3N2O8S/c1-8-45(6,7)44(53)57-24-27-15-11-13-25(4)40(27)49(9-2)28-17-19-30-35(21-28)58-36-22-29(50(10-3)41-26(5)14-12-16-32(41)43(51)52)18-20-31(36)37(30)38-39(48)33(46)23-34(47)42(38)59(54,55)56/h11-23H,8-10,24H2,1-7H3,(H-,51,52,54,55,56)/p+1. The summed E-state index contributed by atoms with van der Waals surface area (Å²) in [6, 6.07) is 23.7. The van der Waals surface area contributed by atoms with Crippen LogP contribution in [0.5, 0.6) is 0 Å². The van der Waals surface area contributed by atoms with Crippen LogP contribution < -0.4 is 14.8 Å². The molecule has 1 aliphatic heterocycles. The monoisotopic (exact) mass is 1010 g/mol. The Labute approximate surface area is 369 Å². The number of hydrogen-bond acceptors (Lipinski definition) is 7. The fourth-order valence-corrected chi connectivity index (χ4v) is 10.5. The van der Waals surface area contributed by atoms with Crippen molar-refractivity contribution in [1.29, 1.82) is 0 Å². The Hall–Kier alpha value is -4.34. The molecule has 0 saturated heterocycles. The van der Waals surface area contributed by atoms with Gasteiger partial charge in [-0.1, -0.05) is 31.2 Å². The molecule has 0 saturated carbocycles. The molecule has 2 N–H and O–H groups in total. The van der Waals surface area contributed by atoms with Gasteiger partial charge in [0.25, 0.3) is 10.1 Å². The second kappa shape index (κ2) is 17.3. The fraction of sp³-hybridized carbons (Fsp3) is 0.267. The predicted molar refractivity (Wildman–Crippen MR) is 243 cm³/mol. The van der Waals surface area contributed by atoms with E-state index in [-0.39, 0.29) is 33.1 Å². The van der Waals surface area contributed by atoms with Crippen molar-refractivity contribution in [2.45, 2.75) is 66.4 Å². The van der Waals surface area contributed by atoms with Crippen molar-refractivity contribution in [3.05, 3.63) is 120 Å². The number of hydrogen-bond donors (Lipinski definition) is 2. The molecule has 0 atom stereocenters. The summed E-state index contributed by atoms with van der Waals surface area (Å²) in [4.78, 5) is 27.0. The van der Waals surface area contributed by atoms with E-state index in [1.165, 1.54) is 0 Å². The number of ether oxygens (including phenoxy) is 1. The van der Waals surface area contributed by atoms with Gasteiger partial charge in [-0.05, 0) is 138 Å². The molecule has 14 heteroatoms. The number of aryl methyl sites for hydroxylation is 2. The van der Waals surface area contributed by atoms with Gasteiger partial charge in [-0.3, -0.25) is 9.35 Å². The van der Waals surface area contributed by atoms with Crippen molar-refractivity contribution in [2.75, 3.05) is 18.0 Å². The first-order valence-electron chi connectivity index (χ1n) is 19.0. The van der Waals surface area contributed by atoms with Crippen LogP contribution in [0.15, 0.2) is 102 Å². The minimum Gasteiger partial charge on any atom is -0.478 e. The van der Waals surface area contributed by atoms with Crippen molar-refractivity contribution in [2.24, 2.45) is 5.41 Å². The van der Waals surface area contributed by atoms with Crippen LogP contribution >= 0.6 is 47.8 Å². The molecule has 0 bridgehead atoms. The highest BCUT2D eigenvalue weighted by atomic mass is 79.9. The van der Waals surface area contributed by atoms with Crippen molar-refractivity contribution in [3.8, 4) is 22.5 Å². The molecule has 10 nitrogen and oxygen atoms in total. The van der Waals surface area contributed by atoms with Crippen LogP contribution in [-0.4, -0.2) is 43.1 Å². The predicted octanol–water partition coefficient (Wildman–Crippen LogP) is 11.8. The Bertz CT molecular complexity index is 2820. The van der Waals surface area contributed by atoms with Crippen molar-refractivity contribution >= 4 is 97.9 Å². The number of fused-ring (bicyclic) bond motifs is 2. The minimum absolute atomic E-state index is 0.0773. The summed E-state index contributed by atoms with van der Waals surface area (Å²) in [6.45, 7) is 14.5. The molecular weight excluding hydrogens is 968 g/mol. The lowest BCUT2D eigenvalue weighted by atomic mass is 9.91. The molecule has 1 aliphatic carbocycles. The maximum Gasteiger partial charge on any atom is 0.337 e. The first-order valence-corrected chi connectivity index (χ1v) is 22.8. The zero-order valence-corrected chi connectivity index (χ0v) is 39.2. The number of carboxylic acids is 1. The van der Waals surface area contributed by atoms with Gasteiger partial charge in [-0.15, -0.1) is 0 Å². The number of esters is 1. The normalized spacial score (nSPS) is 12.5. The minimum atomic E-state index is -4.80. The van der Waals surface area contributed by atoms with Crippen LogP contribution in [0, 0.1) is 19.3 Å². The van der Waals surface area contributed by atoms with E-state index in [0.29, 0.717) is 67.7 Å². The lowest BCUT2D eigenvalue weighted by Crippen LogP contribution is -2.28. The molecule has 1 heterocycles. The third-order valence-corrected chi connectivity index (χ3v) is 14.5. The third-order valence-electron chi connectivity index (χ3n) is 10.7. The van der Waals surface area contributed by atoms with Gasteiger partial charge < -0.3 is 19.2 Å². The summed E-state index contributed by atoms with van der Waals surface area (Å²) in [6.07, 6.45) is 0.636. The molecule has 0 amide bonds. The number of benzene rings is 5. The topological polar surface area (TPSA) is 137 Å². The first kappa shape index (κ1) is 44.2. The van der Waals surface area contributed by atoms with Crippen molar-refractivity contribution in [1.82, 2.24) is 4.58 Å². The Kier molecular flexibility index (Phi) is 13.0. The summed E-state index contributed by atoms with van der Waals surface area (Å²) in [5.74, 6) is -0.936. The highest BCUT2D eigenvalue weighted by Gasteiger charge is 2.32. The van der Waals surface area contributed by atoms with E-state index >= 15 is 0 Å². The highest BCUT2D eigenvalue weighted by molar-refractivity contribution is 9.13. The quantitative estimate of drug-likeness (QED) is 0.0403. The van der Waals surface area contributed by atoms with Gasteiger partial charge in [-0.25, -0.2) is 4.79 Å². The van der Waals surface area contributed by atoms with Gasteiger partial charge in [0.05, 0.1) is 28.3 Å². The number of carbonyl (C=O) groups excluding carboxylic acids is 1. The number of para-hydroxylation sites is 2. The lowest BCUT2D eigenvalue weighted by molar-refractivity contribution is -0.155. The molecule has 0 radical (unpaired) electrons. The smallest absolute Gasteiger partial charge is 0.337 e. The number of halogens is 3. The Morgan fingerprint density at radius 2 is 1.58 bits per heavy atom. The number of nitrogens with zero attached hydrogens (tertiary/aromatic N) is 2. The fourth-order valence-electron chi connectivity index (χ4n) is 7.36. The number of anilines is 2. The van der Waals surface area contributed by atoms with E-state index in [0.717, 1.165) is 27.7 Å². The van der Waals surface area contributed by atoms with Crippen LogP contribution in [0.25, 0.3) is 33.4 Å². The molecule has 4 aromatic carbocycles. The zero-order valence-electron chi connectivity index (χ0n) is 33.6. The molecule has 0 unspecified atom stereocenters. The second-order valence-corrected chi connectivity index (χ2v) is 18.7. The van der Waals surface area contributed by atoms with Crippen LogP contribution in [0.3, 0.4) is 0 Å². The van der Waals surface area contributed by atoms with E-state index in [4.69, 9.17) is 9.15 Å². The molecule has 308 valence electrons. The number of aromatic carboxylic acids is 1. The average molecular weight is 1010 g/mol. The van der Waals surface area contributed by atoms with Crippen LogP contribution in [-0.2, 0) is 26.3 Å². The number of carboxylic acid groups (broad SMARTS) is 1. The number of rotatable bonds is 12. The lowest BCUT2D eigenvalue weighted by Gasteiger charge is -2.27. The van der Waals surface area contributed by atoms with E-state index in [1.807, 2.05) is 114 Å². The molecule has 4 aromatic rings. The largest absolute Gasteiger partial charge is 0.478 e. The molecule has 2 aliphatic rings. The van der Waals surface area contributed by atoms with Crippen molar-refractivity contribution in [3.63, 3.8) is 0 Å². The van der Waals surface area contributed by atoms with Crippen LogP contribution in [0.1, 0.15) is 68.1 Å². The van der Waals surface area contributed by atoms with Gasteiger partial charge in [0.2, 0.25) is 11.0 Å². The maximum absolute atomic E-state index is 13.2. The third kappa shape index (κ3) is 8.52. The van der Waals surface area contributed by atoms with Crippen LogP contribution in [0.2, 0.25) is 0 Å². The van der Waals surface area contributed by atoms with Gasteiger partial charge in [0.1, 0.15) is 29.4 Å². The van der Waals surface area contributed by atoms with Crippen LogP contribution in [0.4, 0.5) is 17.1 Å². The summed E-state index contributed by atoms with van der Waals surface area (Å²) in [5, 5.41) is 11.4. The molecular formula is C45H44Br3N2O8S+. The van der Waals surface area contributed by atoms with E-state index < -0.39 is 21.5 Å². The van der Waals surface area contributed by atoms with E-state index in [1.54, 1.807) is 18.2 Å². The van der Waals surface area contributed by atoms with Gasteiger partial charge in [0, 0.05) is 65.4 Å². The highest BCUT2D eigenvalue weighted by Crippen LogP contribution is 2.50. The van der Waals surface area contributed by atoms with E-state index in [9.17, 15) is 27.7 Å². The zero-order chi connectivity index (χ0) is 43.1. The number of carbonyl (C=O) groups is 2. The van der Waals surface area contributed by atoms with E-state index in [2.05, 4.69) is 52.4 Å². The maximum atomic E-state index is 13.2. The molecule has 6 rings (SSSR count). The molecule has 0 fully saturated rings. The Balaban J connectivity index is 1.70. The van der Waals surface area contributed by atoms with Gasteiger partial charge >= 0.3 is 11.9 Å². The van der Waals surface area contributed by atoms with Crippen molar-refractivity contribution < 1.29 is 36.8 Å². The Morgan fingerprint density at radius 1 is 0.881 bits per heavy atom. The van der Waals surface area contributed by atoms with Gasteiger partial charge in [0.15, 0.2) is 0 Å². The SMILES string of the molecule is CCN(c1ccc2c(-c3c(Br)c(Br)cc(Br)c3S(=O)(=O)O)c3cc/c(=[N+](/CC)c4c(C)cccc4COC(=O)C(C)(C)CC)cc-3oc2c1)c1c(C)cccc1C(=O)O. The first-order chi connectivity index (χ1) is 27.8. The summed E-state index contributed by atoms with van der Waals surface area (Å²) >= 11 is 10.6. The average Bonchev–Trinajstić information content (AvgIpc) is 3.18. The Morgan fingerprint density at radius 3 is 2.22 bits per heavy atom. The summed E-state index contributed by atoms with van der Waals surface area (Å²) in [7, 11) is -4.80. The second-order valence-electron chi connectivity index (χ2n) is 14.8. The summed E-state index contributed by atoms with van der Waals surface area (Å²) < 4.78 is 52.9. The molecule has 0 spiro atoms.